The summed E-state index contributed by atoms with van der Waals surface area (Å²) in [6.07, 6.45) is 0. The van der Waals surface area contributed by atoms with Gasteiger partial charge in [-0.15, -0.1) is 0 Å². The van der Waals surface area contributed by atoms with Gasteiger partial charge in [0.2, 0.25) is 0 Å². The molecule has 0 bridgehead atoms. The van der Waals surface area contributed by atoms with Gasteiger partial charge in [-0.05, 0) is 64.5 Å². The van der Waals surface area contributed by atoms with Gasteiger partial charge in [0.05, 0.1) is 13.2 Å². The lowest BCUT2D eigenvalue weighted by Gasteiger charge is -2.19. The van der Waals surface area contributed by atoms with E-state index in [1.54, 1.807) is 6.07 Å². The SMILES string of the molecule is CCNC(c1ccc(I)cc1)c1ccc(OC)c(F)c1. The number of halogens is 2. The Labute approximate surface area is 132 Å². The minimum atomic E-state index is -0.335. The van der Waals surface area contributed by atoms with Crippen molar-refractivity contribution in [1.29, 1.82) is 0 Å². The van der Waals surface area contributed by atoms with E-state index in [4.69, 9.17) is 4.74 Å². The van der Waals surface area contributed by atoms with Gasteiger partial charge < -0.3 is 10.1 Å². The molecule has 0 aliphatic heterocycles. The maximum atomic E-state index is 13.9. The number of benzene rings is 2. The highest BCUT2D eigenvalue weighted by Gasteiger charge is 2.15. The molecule has 106 valence electrons. The standard InChI is InChI=1S/C16H17FINO/c1-3-19-16(11-4-7-13(18)8-5-11)12-6-9-15(20-2)14(17)10-12/h4-10,16,19H,3H2,1-2H3. The number of rotatable bonds is 5. The summed E-state index contributed by atoms with van der Waals surface area (Å²) in [5.41, 5.74) is 2.02. The van der Waals surface area contributed by atoms with Crippen LogP contribution in [0, 0.1) is 9.39 Å². The second kappa shape index (κ2) is 7.04. The molecule has 20 heavy (non-hydrogen) atoms. The summed E-state index contributed by atoms with van der Waals surface area (Å²) in [5, 5.41) is 3.39. The summed E-state index contributed by atoms with van der Waals surface area (Å²) < 4.78 is 20.0. The van der Waals surface area contributed by atoms with E-state index >= 15 is 0 Å². The third kappa shape index (κ3) is 3.49. The Bertz CT molecular complexity index is 571. The molecule has 0 saturated carbocycles. The van der Waals surface area contributed by atoms with E-state index in [2.05, 4.69) is 52.2 Å². The molecular formula is C16H17FINO. The molecule has 0 aliphatic carbocycles. The first kappa shape index (κ1) is 15.3. The summed E-state index contributed by atoms with van der Waals surface area (Å²) in [6.45, 7) is 2.85. The third-order valence-corrected chi connectivity index (χ3v) is 3.84. The van der Waals surface area contributed by atoms with Crippen LogP contribution in [0.5, 0.6) is 5.75 Å². The van der Waals surface area contributed by atoms with Crippen LogP contribution < -0.4 is 10.1 Å². The molecule has 2 nitrogen and oxygen atoms in total. The molecule has 0 spiro atoms. The second-order valence-corrected chi connectivity index (χ2v) is 5.68. The van der Waals surface area contributed by atoms with Crippen molar-refractivity contribution < 1.29 is 9.13 Å². The number of hydrogen-bond donors (Lipinski definition) is 1. The van der Waals surface area contributed by atoms with Gasteiger partial charge in [-0.2, -0.15) is 0 Å². The number of ether oxygens (including phenoxy) is 1. The van der Waals surface area contributed by atoms with Crippen LogP contribution in [0.4, 0.5) is 4.39 Å². The van der Waals surface area contributed by atoms with Crippen LogP contribution in [0.2, 0.25) is 0 Å². The molecule has 0 aromatic heterocycles. The first-order valence-corrected chi connectivity index (χ1v) is 7.56. The van der Waals surface area contributed by atoms with Crippen LogP contribution in [-0.4, -0.2) is 13.7 Å². The van der Waals surface area contributed by atoms with Crippen molar-refractivity contribution in [2.45, 2.75) is 13.0 Å². The van der Waals surface area contributed by atoms with E-state index in [1.165, 1.54) is 16.7 Å². The molecule has 2 aromatic carbocycles. The minimum absolute atomic E-state index is 0.0163. The van der Waals surface area contributed by atoms with Crippen LogP contribution >= 0.6 is 22.6 Å². The largest absolute Gasteiger partial charge is 0.494 e. The molecule has 0 heterocycles. The van der Waals surface area contributed by atoms with Gasteiger partial charge in [0.25, 0.3) is 0 Å². The first-order valence-electron chi connectivity index (χ1n) is 6.48. The molecule has 0 amide bonds. The van der Waals surface area contributed by atoms with Crippen molar-refractivity contribution in [3.8, 4) is 5.75 Å². The molecule has 1 atom stereocenters. The molecule has 2 rings (SSSR count). The van der Waals surface area contributed by atoms with Gasteiger partial charge in [0.15, 0.2) is 11.6 Å². The molecule has 0 fully saturated rings. The fourth-order valence-electron chi connectivity index (χ4n) is 2.15. The smallest absolute Gasteiger partial charge is 0.165 e. The molecule has 0 radical (unpaired) electrons. The van der Waals surface area contributed by atoms with E-state index in [1.807, 2.05) is 13.0 Å². The average Bonchev–Trinajstić information content (AvgIpc) is 2.46. The van der Waals surface area contributed by atoms with E-state index in [0.29, 0.717) is 0 Å². The summed E-state index contributed by atoms with van der Waals surface area (Å²) >= 11 is 2.27. The third-order valence-electron chi connectivity index (χ3n) is 3.12. The van der Waals surface area contributed by atoms with Gasteiger partial charge in [0.1, 0.15) is 0 Å². The van der Waals surface area contributed by atoms with Gasteiger partial charge in [-0.3, -0.25) is 0 Å². The summed E-state index contributed by atoms with van der Waals surface area (Å²) in [6, 6.07) is 13.3. The van der Waals surface area contributed by atoms with Crippen molar-refractivity contribution in [2.24, 2.45) is 0 Å². The molecule has 0 aliphatic rings. The highest BCUT2D eigenvalue weighted by atomic mass is 127. The summed E-state index contributed by atoms with van der Waals surface area (Å²) in [5.74, 6) is -0.0648. The van der Waals surface area contributed by atoms with Crippen molar-refractivity contribution >= 4 is 22.6 Å². The zero-order valence-corrected chi connectivity index (χ0v) is 13.6. The molecule has 1 unspecified atom stereocenters. The Morgan fingerprint density at radius 2 is 1.80 bits per heavy atom. The molecule has 2 aromatic rings. The lowest BCUT2D eigenvalue weighted by Crippen LogP contribution is -2.22. The van der Waals surface area contributed by atoms with Gasteiger partial charge in [-0.1, -0.05) is 25.1 Å². The second-order valence-electron chi connectivity index (χ2n) is 4.44. The van der Waals surface area contributed by atoms with Crippen molar-refractivity contribution in [1.82, 2.24) is 5.32 Å². The number of nitrogens with one attached hydrogen (secondary N) is 1. The Balaban J connectivity index is 2.37. The Hall–Kier alpha value is -1.14. The Kier molecular flexibility index (Phi) is 5.37. The molecule has 0 saturated heterocycles. The highest BCUT2D eigenvalue weighted by Crippen LogP contribution is 2.26. The summed E-state index contributed by atoms with van der Waals surface area (Å²) in [4.78, 5) is 0. The predicted molar refractivity (Wildman–Crippen MR) is 87.6 cm³/mol. The fraction of sp³-hybridized carbons (Fsp3) is 0.250. The lowest BCUT2D eigenvalue weighted by atomic mass is 9.98. The van der Waals surface area contributed by atoms with Crippen LogP contribution in [0.1, 0.15) is 24.1 Å². The monoisotopic (exact) mass is 385 g/mol. The predicted octanol–water partition coefficient (Wildman–Crippen LogP) is 4.14. The van der Waals surface area contributed by atoms with Crippen LogP contribution in [-0.2, 0) is 0 Å². The van der Waals surface area contributed by atoms with Crippen LogP contribution in [0.3, 0.4) is 0 Å². The first-order chi connectivity index (χ1) is 9.65. The van der Waals surface area contributed by atoms with E-state index in [9.17, 15) is 4.39 Å². The quantitative estimate of drug-likeness (QED) is 0.782. The van der Waals surface area contributed by atoms with Gasteiger partial charge in [0, 0.05) is 3.57 Å². The van der Waals surface area contributed by atoms with Crippen LogP contribution in [0.25, 0.3) is 0 Å². The topological polar surface area (TPSA) is 21.3 Å². The van der Waals surface area contributed by atoms with Crippen molar-refractivity contribution in [2.75, 3.05) is 13.7 Å². The summed E-state index contributed by atoms with van der Waals surface area (Å²) in [7, 11) is 1.47. The normalized spacial score (nSPS) is 12.2. The Morgan fingerprint density at radius 3 is 2.35 bits per heavy atom. The van der Waals surface area contributed by atoms with Crippen LogP contribution in [0.15, 0.2) is 42.5 Å². The van der Waals surface area contributed by atoms with Crippen molar-refractivity contribution in [3.63, 3.8) is 0 Å². The van der Waals surface area contributed by atoms with Crippen molar-refractivity contribution in [3.05, 3.63) is 63.0 Å². The fourth-order valence-corrected chi connectivity index (χ4v) is 2.51. The minimum Gasteiger partial charge on any atom is -0.494 e. The number of hydrogen-bond acceptors (Lipinski definition) is 2. The van der Waals surface area contributed by atoms with E-state index in [-0.39, 0.29) is 17.6 Å². The zero-order chi connectivity index (χ0) is 14.5. The zero-order valence-electron chi connectivity index (χ0n) is 11.5. The maximum absolute atomic E-state index is 13.9. The number of methoxy groups -OCH3 is 1. The Morgan fingerprint density at radius 1 is 1.15 bits per heavy atom. The average molecular weight is 385 g/mol. The maximum Gasteiger partial charge on any atom is 0.165 e. The molecule has 1 N–H and O–H groups in total. The van der Waals surface area contributed by atoms with E-state index in [0.717, 1.165) is 17.7 Å². The van der Waals surface area contributed by atoms with Gasteiger partial charge in [-0.25, -0.2) is 4.39 Å². The van der Waals surface area contributed by atoms with Gasteiger partial charge >= 0.3 is 0 Å². The molecule has 4 heteroatoms. The van der Waals surface area contributed by atoms with E-state index < -0.39 is 0 Å². The lowest BCUT2D eigenvalue weighted by molar-refractivity contribution is 0.385. The molecular weight excluding hydrogens is 368 g/mol. The highest BCUT2D eigenvalue weighted by molar-refractivity contribution is 14.1.